The van der Waals surface area contributed by atoms with Gasteiger partial charge in [0.2, 0.25) is 5.91 Å². The molecule has 1 atom stereocenters. The van der Waals surface area contributed by atoms with E-state index in [-0.39, 0.29) is 29.7 Å². The number of hydrogen-bond acceptors (Lipinski definition) is 4. The first kappa shape index (κ1) is 18.8. The van der Waals surface area contributed by atoms with Crippen LogP contribution in [0.2, 0.25) is 0 Å². The Kier molecular flexibility index (Phi) is 5.26. The monoisotopic (exact) mass is 399 g/mol. The lowest BCUT2D eigenvalue weighted by Gasteiger charge is -2.14. The summed E-state index contributed by atoms with van der Waals surface area (Å²) in [6.07, 6.45) is 4.85. The number of aryl methyl sites for hydroxylation is 3. The largest absolute Gasteiger partial charge is 0.350 e. The molecule has 0 bridgehead atoms. The van der Waals surface area contributed by atoms with E-state index in [1.54, 1.807) is 23.5 Å². The molecule has 28 heavy (non-hydrogen) atoms. The summed E-state index contributed by atoms with van der Waals surface area (Å²) in [5.41, 5.74) is 1.91. The number of thiophene rings is 1. The first-order valence-electron chi connectivity index (χ1n) is 9.59. The molecule has 0 saturated heterocycles. The average Bonchev–Trinajstić information content (AvgIpc) is 3.05. The van der Waals surface area contributed by atoms with Crippen molar-refractivity contribution < 1.29 is 9.18 Å². The van der Waals surface area contributed by atoms with Gasteiger partial charge in [-0.2, -0.15) is 0 Å². The molecule has 1 aliphatic rings. The zero-order chi connectivity index (χ0) is 19.7. The van der Waals surface area contributed by atoms with Crippen molar-refractivity contribution in [1.82, 2.24) is 15.3 Å². The smallest absolute Gasteiger partial charge is 0.259 e. The third-order valence-electron chi connectivity index (χ3n) is 5.21. The van der Waals surface area contributed by atoms with Crippen LogP contribution in [0.25, 0.3) is 10.2 Å². The molecule has 2 aromatic heterocycles. The van der Waals surface area contributed by atoms with Crippen LogP contribution in [-0.2, 0) is 24.1 Å². The lowest BCUT2D eigenvalue weighted by Crippen LogP contribution is -2.27. The number of nitrogens with one attached hydrogen (secondary N) is 2. The van der Waals surface area contributed by atoms with E-state index in [2.05, 4.69) is 15.3 Å². The van der Waals surface area contributed by atoms with Crippen LogP contribution in [0.5, 0.6) is 0 Å². The first-order valence-corrected chi connectivity index (χ1v) is 10.4. The molecule has 0 unspecified atom stereocenters. The second-order valence-electron chi connectivity index (χ2n) is 7.24. The molecule has 1 aromatic carbocycles. The minimum atomic E-state index is -0.303. The number of aromatic nitrogens is 2. The van der Waals surface area contributed by atoms with E-state index in [4.69, 9.17) is 0 Å². The van der Waals surface area contributed by atoms with Gasteiger partial charge >= 0.3 is 0 Å². The molecule has 0 fully saturated rings. The zero-order valence-electron chi connectivity index (χ0n) is 15.7. The number of aromatic amines is 1. The average molecular weight is 399 g/mol. The quantitative estimate of drug-likeness (QED) is 0.685. The molecule has 7 heteroatoms. The van der Waals surface area contributed by atoms with Crippen molar-refractivity contribution >= 4 is 27.5 Å². The number of nitrogens with zero attached hydrogens (tertiary/aromatic N) is 1. The molecule has 3 aromatic rings. The van der Waals surface area contributed by atoms with Crippen molar-refractivity contribution in [2.45, 2.75) is 51.5 Å². The molecule has 5 nitrogen and oxygen atoms in total. The van der Waals surface area contributed by atoms with Crippen molar-refractivity contribution in [1.29, 1.82) is 0 Å². The van der Waals surface area contributed by atoms with Crippen LogP contribution in [0, 0.1) is 5.82 Å². The molecule has 0 radical (unpaired) electrons. The van der Waals surface area contributed by atoms with Crippen LogP contribution in [-0.4, -0.2) is 15.9 Å². The van der Waals surface area contributed by atoms with E-state index in [1.807, 2.05) is 6.92 Å². The van der Waals surface area contributed by atoms with Crippen molar-refractivity contribution in [2.75, 3.05) is 0 Å². The Balaban J connectivity index is 1.43. The van der Waals surface area contributed by atoms with Crippen LogP contribution in [0.4, 0.5) is 4.39 Å². The maximum atomic E-state index is 13.0. The van der Waals surface area contributed by atoms with E-state index >= 15 is 0 Å². The molecule has 146 valence electrons. The standard InChI is InChI=1S/C21H22FN3O2S/c1-12(13-6-8-14(22)9-7-13)23-18(26)11-10-17-24-20(27)19-15-4-2-3-5-16(15)28-21(19)25-17/h6-9,12H,2-5,10-11H2,1H3,(H,23,26)(H,24,25,27)/t12-/m0/s1. The maximum Gasteiger partial charge on any atom is 0.259 e. The minimum absolute atomic E-state index is 0.0977. The Morgan fingerprint density at radius 3 is 2.82 bits per heavy atom. The molecular formula is C21H22FN3O2S. The number of H-pyrrole nitrogens is 1. The number of amides is 1. The lowest BCUT2D eigenvalue weighted by atomic mass is 9.97. The highest BCUT2D eigenvalue weighted by Crippen LogP contribution is 2.33. The maximum absolute atomic E-state index is 13.0. The van der Waals surface area contributed by atoms with Crippen LogP contribution in [0.3, 0.4) is 0 Å². The van der Waals surface area contributed by atoms with E-state index in [9.17, 15) is 14.0 Å². The fourth-order valence-electron chi connectivity index (χ4n) is 3.71. The van der Waals surface area contributed by atoms with Gasteiger partial charge in [0.1, 0.15) is 16.5 Å². The number of halogens is 1. The summed E-state index contributed by atoms with van der Waals surface area (Å²) >= 11 is 1.61. The fourth-order valence-corrected chi connectivity index (χ4v) is 4.99. The number of fused-ring (bicyclic) bond motifs is 3. The van der Waals surface area contributed by atoms with Gasteiger partial charge in [-0.1, -0.05) is 12.1 Å². The van der Waals surface area contributed by atoms with Crippen LogP contribution in [0.1, 0.15) is 54.1 Å². The highest BCUT2D eigenvalue weighted by molar-refractivity contribution is 7.18. The summed E-state index contributed by atoms with van der Waals surface area (Å²) in [6, 6.07) is 5.86. The van der Waals surface area contributed by atoms with Gasteiger partial charge in [0.15, 0.2) is 0 Å². The van der Waals surface area contributed by atoms with Crippen molar-refractivity contribution in [2.24, 2.45) is 0 Å². The van der Waals surface area contributed by atoms with Crippen LogP contribution < -0.4 is 10.9 Å². The zero-order valence-corrected chi connectivity index (χ0v) is 16.5. The molecule has 0 saturated carbocycles. The summed E-state index contributed by atoms with van der Waals surface area (Å²) in [7, 11) is 0. The SMILES string of the molecule is C[C@H](NC(=O)CCc1nc2sc3c(c2c(=O)[nH]1)CCCC3)c1ccc(F)cc1. The number of carbonyl (C=O) groups excluding carboxylic acids is 1. The summed E-state index contributed by atoms with van der Waals surface area (Å²) in [4.78, 5) is 34.3. The second-order valence-corrected chi connectivity index (χ2v) is 8.33. The molecule has 1 amide bonds. The van der Waals surface area contributed by atoms with Gasteiger partial charge in [0, 0.05) is 17.7 Å². The predicted octanol–water partition coefficient (Wildman–Crippen LogP) is 3.81. The van der Waals surface area contributed by atoms with Gasteiger partial charge < -0.3 is 10.3 Å². The van der Waals surface area contributed by atoms with E-state index in [0.717, 1.165) is 47.0 Å². The lowest BCUT2D eigenvalue weighted by molar-refractivity contribution is -0.121. The molecule has 0 spiro atoms. The minimum Gasteiger partial charge on any atom is -0.350 e. The number of hydrogen-bond donors (Lipinski definition) is 2. The summed E-state index contributed by atoms with van der Waals surface area (Å²) in [5, 5.41) is 3.63. The molecule has 0 aliphatic heterocycles. The Hall–Kier alpha value is -2.54. The third kappa shape index (κ3) is 3.85. The Morgan fingerprint density at radius 2 is 2.04 bits per heavy atom. The molecule has 1 aliphatic carbocycles. The highest BCUT2D eigenvalue weighted by Gasteiger charge is 2.20. The van der Waals surface area contributed by atoms with Crippen molar-refractivity contribution in [3.63, 3.8) is 0 Å². The Labute approximate surface area is 166 Å². The highest BCUT2D eigenvalue weighted by atomic mass is 32.1. The molecular weight excluding hydrogens is 377 g/mol. The van der Waals surface area contributed by atoms with Gasteiger partial charge in [-0.15, -0.1) is 11.3 Å². The van der Waals surface area contributed by atoms with Crippen LogP contribution in [0.15, 0.2) is 29.1 Å². The normalized spacial score (nSPS) is 14.6. The fraction of sp³-hybridized carbons (Fsp3) is 0.381. The predicted molar refractivity (Wildman–Crippen MR) is 108 cm³/mol. The van der Waals surface area contributed by atoms with E-state index in [0.29, 0.717) is 12.2 Å². The van der Waals surface area contributed by atoms with Crippen molar-refractivity contribution in [3.8, 4) is 0 Å². The topological polar surface area (TPSA) is 74.8 Å². The van der Waals surface area contributed by atoms with Gasteiger partial charge in [0.05, 0.1) is 11.4 Å². The van der Waals surface area contributed by atoms with E-state index < -0.39 is 0 Å². The summed E-state index contributed by atoms with van der Waals surface area (Å²) < 4.78 is 13.0. The Morgan fingerprint density at radius 1 is 1.29 bits per heavy atom. The van der Waals surface area contributed by atoms with Gasteiger partial charge in [0.25, 0.3) is 5.56 Å². The Bertz CT molecular complexity index is 1070. The molecule has 4 rings (SSSR count). The molecule has 2 heterocycles. The number of carbonyl (C=O) groups is 1. The van der Waals surface area contributed by atoms with Gasteiger partial charge in [-0.3, -0.25) is 9.59 Å². The number of benzene rings is 1. The van der Waals surface area contributed by atoms with Crippen LogP contribution >= 0.6 is 11.3 Å². The second kappa shape index (κ2) is 7.83. The summed E-state index contributed by atoms with van der Waals surface area (Å²) in [6.45, 7) is 1.85. The van der Waals surface area contributed by atoms with Gasteiger partial charge in [-0.25, -0.2) is 9.37 Å². The van der Waals surface area contributed by atoms with E-state index in [1.165, 1.54) is 17.0 Å². The first-order chi connectivity index (χ1) is 13.5. The summed E-state index contributed by atoms with van der Waals surface area (Å²) in [5.74, 6) is 0.105. The molecule has 2 N–H and O–H groups in total. The number of rotatable bonds is 5. The third-order valence-corrected chi connectivity index (χ3v) is 6.40. The van der Waals surface area contributed by atoms with Crippen molar-refractivity contribution in [3.05, 3.63) is 62.3 Å². The van der Waals surface area contributed by atoms with Gasteiger partial charge in [-0.05, 0) is 55.9 Å².